The van der Waals surface area contributed by atoms with Crippen molar-refractivity contribution in [3.8, 4) is 5.75 Å². The van der Waals surface area contributed by atoms with E-state index in [1.807, 2.05) is 18.5 Å². The molecule has 0 bridgehead atoms. The first kappa shape index (κ1) is 19.7. The molecule has 8 heteroatoms. The lowest BCUT2D eigenvalue weighted by molar-refractivity contribution is -0.119. The molecule has 1 heterocycles. The predicted octanol–water partition coefficient (Wildman–Crippen LogP) is 3.64. The van der Waals surface area contributed by atoms with Gasteiger partial charge in [0.25, 0.3) is 0 Å². The predicted molar refractivity (Wildman–Crippen MR) is 102 cm³/mol. The molecule has 1 amide bonds. The number of thioether (sulfide) groups is 1. The molecule has 3 rings (SSSR count). The van der Waals surface area contributed by atoms with Crippen molar-refractivity contribution in [3.05, 3.63) is 35.9 Å². The summed E-state index contributed by atoms with van der Waals surface area (Å²) >= 11 is 1.36. The minimum absolute atomic E-state index is 0.0343. The van der Waals surface area contributed by atoms with Gasteiger partial charge in [0, 0.05) is 13.1 Å². The van der Waals surface area contributed by atoms with Crippen LogP contribution in [0, 0.1) is 5.82 Å². The topological polar surface area (TPSA) is 69.0 Å². The Labute approximate surface area is 162 Å². The fourth-order valence-electron chi connectivity index (χ4n) is 3.22. The SMILES string of the molecule is CC(Oc1ccc(F)cc1)c1nnc(SCC(=O)NC2CCCCC2)n1C. The van der Waals surface area contributed by atoms with E-state index in [0.717, 1.165) is 12.8 Å². The molecule has 1 N–H and O–H groups in total. The van der Waals surface area contributed by atoms with Gasteiger partial charge < -0.3 is 14.6 Å². The minimum atomic E-state index is -0.349. The maximum Gasteiger partial charge on any atom is 0.230 e. The third-order valence-corrected chi connectivity index (χ3v) is 5.68. The van der Waals surface area contributed by atoms with Crippen molar-refractivity contribution < 1.29 is 13.9 Å². The molecule has 1 aromatic heterocycles. The van der Waals surface area contributed by atoms with Gasteiger partial charge >= 0.3 is 0 Å². The normalized spacial score (nSPS) is 16.1. The second-order valence-electron chi connectivity index (χ2n) is 6.80. The second-order valence-corrected chi connectivity index (χ2v) is 7.75. The Kier molecular flexibility index (Phi) is 6.71. The van der Waals surface area contributed by atoms with Gasteiger partial charge in [-0.3, -0.25) is 4.79 Å². The molecule has 0 aliphatic heterocycles. The molecule has 146 valence electrons. The number of amides is 1. The summed E-state index contributed by atoms with van der Waals surface area (Å²) in [5.41, 5.74) is 0. The van der Waals surface area contributed by atoms with E-state index in [4.69, 9.17) is 4.74 Å². The van der Waals surface area contributed by atoms with E-state index in [9.17, 15) is 9.18 Å². The molecule has 1 aliphatic rings. The summed E-state index contributed by atoms with van der Waals surface area (Å²) in [6.07, 6.45) is 5.44. The third kappa shape index (κ3) is 5.45. The van der Waals surface area contributed by atoms with Gasteiger partial charge in [0.15, 0.2) is 17.1 Å². The van der Waals surface area contributed by atoms with E-state index >= 15 is 0 Å². The van der Waals surface area contributed by atoms with Gasteiger partial charge in [0.2, 0.25) is 5.91 Å². The Hall–Kier alpha value is -2.09. The number of hydrogen-bond acceptors (Lipinski definition) is 5. The van der Waals surface area contributed by atoms with Crippen LogP contribution >= 0.6 is 11.8 Å². The number of halogens is 1. The van der Waals surface area contributed by atoms with Crippen LogP contribution in [0.1, 0.15) is 51.0 Å². The molecule has 27 heavy (non-hydrogen) atoms. The summed E-state index contributed by atoms with van der Waals surface area (Å²) in [5, 5.41) is 12.1. The molecular weight excluding hydrogens is 367 g/mol. The van der Waals surface area contributed by atoms with Crippen LogP contribution in [0.15, 0.2) is 29.4 Å². The van der Waals surface area contributed by atoms with E-state index in [1.54, 1.807) is 12.1 Å². The van der Waals surface area contributed by atoms with Crippen molar-refractivity contribution in [2.75, 3.05) is 5.75 Å². The van der Waals surface area contributed by atoms with Crippen LogP contribution in [0.4, 0.5) is 4.39 Å². The molecule has 2 aromatic rings. The Morgan fingerprint density at radius 2 is 2.00 bits per heavy atom. The van der Waals surface area contributed by atoms with Gasteiger partial charge in [0.1, 0.15) is 11.6 Å². The number of carbonyl (C=O) groups is 1. The fraction of sp³-hybridized carbons (Fsp3) is 0.526. The summed E-state index contributed by atoms with van der Waals surface area (Å²) in [6, 6.07) is 6.17. The first-order chi connectivity index (χ1) is 13.0. The highest BCUT2D eigenvalue weighted by atomic mass is 32.2. The first-order valence-corrected chi connectivity index (χ1v) is 10.2. The van der Waals surface area contributed by atoms with Crippen LogP contribution in [0.3, 0.4) is 0 Å². The van der Waals surface area contributed by atoms with Crippen molar-refractivity contribution in [3.63, 3.8) is 0 Å². The molecular formula is C19H25FN4O2S. The summed E-state index contributed by atoms with van der Waals surface area (Å²) < 4.78 is 20.6. The summed E-state index contributed by atoms with van der Waals surface area (Å²) in [6.45, 7) is 1.86. The Bertz CT molecular complexity index is 760. The maximum absolute atomic E-state index is 13.0. The zero-order valence-electron chi connectivity index (χ0n) is 15.7. The lowest BCUT2D eigenvalue weighted by Crippen LogP contribution is -2.37. The molecule has 1 aromatic carbocycles. The second kappa shape index (κ2) is 9.21. The number of carbonyl (C=O) groups excluding carboxylic acids is 1. The molecule has 0 saturated heterocycles. The van der Waals surface area contributed by atoms with E-state index in [2.05, 4.69) is 15.5 Å². The molecule has 0 radical (unpaired) electrons. The van der Waals surface area contributed by atoms with Crippen LogP contribution < -0.4 is 10.1 Å². The summed E-state index contributed by atoms with van der Waals surface area (Å²) in [4.78, 5) is 12.2. The van der Waals surface area contributed by atoms with Gasteiger partial charge in [-0.15, -0.1) is 10.2 Å². The summed E-state index contributed by atoms with van der Waals surface area (Å²) in [7, 11) is 1.85. The Morgan fingerprint density at radius 3 is 2.70 bits per heavy atom. The average Bonchev–Trinajstić information content (AvgIpc) is 3.03. The summed E-state index contributed by atoms with van der Waals surface area (Å²) in [5.74, 6) is 1.25. The quantitative estimate of drug-likeness (QED) is 0.729. The highest BCUT2D eigenvalue weighted by Crippen LogP contribution is 2.24. The molecule has 0 spiro atoms. The molecule has 1 saturated carbocycles. The van der Waals surface area contributed by atoms with Crippen molar-refractivity contribution >= 4 is 17.7 Å². The van der Waals surface area contributed by atoms with Gasteiger partial charge in [-0.2, -0.15) is 0 Å². The largest absolute Gasteiger partial charge is 0.483 e. The minimum Gasteiger partial charge on any atom is -0.483 e. The smallest absolute Gasteiger partial charge is 0.230 e. The fourth-order valence-corrected chi connectivity index (χ4v) is 3.95. The van der Waals surface area contributed by atoms with E-state index in [-0.39, 0.29) is 17.8 Å². The zero-order chi connectivity index (χ0) is 19.2. The highest BCUT2D eigenvalue weighted by molar-refractivity contribution is 7.99. The van der Waals surface area contributed by atoms with E-state index < -0.39 is 0 Å². The van der Waals surface area contributed by atoms with Gasteiger partial charge in [0.05, 0.1) is 5.75 Å². The van der Waals surface area contributed by atoms with Crippen LogP contribution in [0.2, 0.25) is 0 Å². The van der Waals surface area contributed by atoms with Crippen molar-refractivity contribution in [2.45, 2.75) is 56.3 Å². The zero-order valence-corrected chi connectivity index (χ0v) is 16.5. The van der Waals surface area contributed by atoms with E-state index in [0.29, 0.717) is 28.5 Å². The number of aromatic nitrogens is 3. The Morgan fingerprint density at radius 1 is 1.30 bits per heavy atom. The lowest BCUT2D eigenvalue weighted by Gasteiger charge is -2.22. The van der Waals surface area contributed by atoms with Crippen molar-refractivity contribution in [1.29, 1.82) is 0 Å². The molecule has 1 fully saturated rings. The van der Waals surface area contributed by atoms with Crippen molar-refractivity contribution in [2.24, 2.45) is 7.05 Å². The number of nitrogens with one attached hydrogen (secondary N) is 1. The molecule has 6 nitrogen and oxygen atoms in total. The number of benzene rings is 1. The van der Waals surface area contributed by atoms with Crippen LogP contribution in [-0.2, 0) is 11.8 Å². The van der Waals surface area contributed by atoms with E-state index in [1.165, 1.54) is 43.2 Å². The van der Waals surface area contributed by atoms with Gasteiger partial charge in [-0.1, -0.05) is 31.0 Å². The monoisotopic (exact) mass is 392 g/mol. The maximum atomic E-state index is 13.0. The number of rotatable bonds is 7. The molecule has 1 atom stereocenters. The van der Waals surface area contributed by atoms with Gasteiger partial charge in [-0.05, 0) is 44.0 Å². The van der Waals surface area contributed by atoms with Crippen molar-refractivity contribution in [1.82, 2.24) is 20.1 Å². The van der Waals surface area contributed by atoms with Crippen LogP contribution in [0.25, 0.3) is 0 Å². The third-order valence-electron chi connectivity index (χ3n) is 4.66. The molecule has 1 unspecified atom stereocenters. The number of nitrogens with zero attached hydrogens (tertiary/aromatic N) is 3. The highest BCUT2D eigenvalue weighted by Gasteiger charge is 2.19. The average molecular weight is 393 g/mol. The Balaban J connectivity index is 1.52. The standard InChI is InChI=1S/C19H25FN4O2S/c1-13(26-16-10-8-14(20)9-11-16)18-22-23-19(24(18)2)27-12-17(25)21-15-6-4-3-5-7-15/h8-11,13,15H,3-7,12H2,1-2H3,(H,21,25). The molecule has 1 aliphatic carbocycles. The van der Waals surface area contributed by atoms with Crippen LogP contribution in [0.5, 0.6) is 5.75 Å². The first-order valence-electron chi connectivity index (χ1n) is 9.26. The van der Waals surface area contributed by atoms with Crippen LogP contribution in [-0.4, -0.2) is 32.5 Å². The van der Waals surface area contributed by atoms with Gasteiger partial charge in [-0.25, -0.2) is 4.39 Å². The number of hydrogen-bond donors (Lipinski definition) is 1. The lowest BCUT2D eigenvalue weighted by atomic mass is 9.95. The number of ether oxygens (including phenoxy) is 1.